The van der Waals surface area contributed by atoms with Crippen LogP contribution in [0.4, 0.5) is 0 Å². The number of piperidine rings is 1. The van der Waals surface area contributed by atoms with Crippen molar-refractivity contribution in [2.24, 2.45) is 5.92 Å². The number of rotatable bonds is 2. The highest BCUT2D eigenvalue weighted by Crippen LogP contribution is 2.27. The summed E-state index contributed by atoms with van der Waals surface area (Å²) in [5.74, 6) is 0.413. The van der Waals surface area contributed by atoms with Crippen LogP contribution >= 0.6 is 0 Å². The summed E-state index contributed by atoms with van der Waals surface area (Å²) in [5, 5.41) is 10.2. The lowest BCUT2D eigenvalue weighted by Gasteiger charge is -2.34. The van der Waals surface area contributed by atoms with Crippen molar-refractivity contribution in [3.63, 3.8) is 0 Å². The molecule has 1 aliphatic rings. The Bertz CT molecular complexity index is 467. The molecule has 2 atom stereocenters. The van der Waals surface area contributed by atoms with Crippen LogP contribution in [-0.2, 0) is 6.42 Å². The second-order valence-corrected chi connectivity index (χ2v) is 6.31. The van der Waals surface area contributed by atoms with Crippen molar-refractivity contribution in [2.75, 3.05) is 20.1 Å². The first kappa shape index (κ1) is 14.5. The molecule has 1 saturated heterocycles. The molecule has 0 amide bonds. The maximum absolute atomic E-state index is 10.2. The molecule has 0 bridgehead atoms. The molecule has 2 rings (SSSR count). The number of benzene rings is 1. The highest BCUT2D eigenvalue weighted by atomic mass is 16.3. The first-order valence-electron chi connectivity index (χ1n) is 7.33. The van der Waals surface area contributed by atoms with E-state index in [0.29, 0.717) is 5.92 Å². The minimum atomic E-state index is -0.180. The van der Waals surface area contributed by atoms with Gasteiger partial charge in [-0.3, -0.25) is 0 Å². The van der Waals surface area contributed by atoms with Crippen molar-refractivity contribution in [2.45, 2.75) is 46.6 Å². The Labute approximate surface area is 117 Å². The van der Waals surface area contributed by atoms with Crippen molar-refractivity contribution >= 4 is 0 Å². The molecule has 1 fully saturated rings. The van der Waals surface area contributed by atoms with Gasteiger partial charge in [-0.25, -0.2) is 0 Å². The lowest BCUT2D eigenvalue weighted by Crippen LogP contribution is -2.42. The van der Waals surface area contributed by atoms with E-state index in [4.69, 9.17) is 0 Å². The molecule has 0 radical (unpaired) electrons. The third-order valence-corrected chi connectivity index (χ3v) is 5.00. The van der Waals surface area contributed by atoms with Crippen molar-refractivity contribution in [1.82, 2.24) is 4.90 Å². The summed E-state index contributed by atoms with van der Waals surface area (Å²) < 4.78 is 0. The SMILES string of the molecule is Cc1cc(C[C@@H]2CCN(C)C[C@@H]2O)c(C)c(C)c1C. The van der Waals surface area contributed by atoms with Crippen LogP contribution in [0.5, 0.6) is 0 Å². The molecule has 0 aliphatic carbocycles. The molecule has 2 nitrogen and oxygen atoms in total. The Hall–Kier alpha value is -0.860. The number of hydrogen-bond acceptors (Lipinski definition) is 2. The van der Waals surface area contributed by atoms with Crippen molar-refractivity contribution in [3.8, 4) is 0 Å². The molecule has 0 aromatic heterocycles. The van der Waals surface area contributed by atoms with Crippen molar-refractivity contribution in [3.05, 3.63) is 33.9 Å². The van der Waals surface area contributed by atoms with Gasteiger partial charge in [-0.1, -0.05) is 6.07 Å². The molecule has 1 heterocycles. The average Bonchev–Trinajstić information content (AvgIpc) is 2.36. The number of hydrogen-bond donors (Lipinski definition) is 1. The number of aliphatic hydroxyl groups is 1. The number of nitrogens with zero attached hydrogens (tertiary/aromatic N) is 1. The Morgan fingerprint density at radius 1 is 1.16 bits per heavy atom. The van der Waals surface area contributed by atoms with E-state index in [1.165, 1.54) is 27.8 Å². The van der Waals surface area contributed by atoms with Crippen LogP contribution in [0, 0.1) is 33.6 Å². The van der Waals surface area contributed by atoms with Gasteiger partial charge in [-0.15, -0.1) is 0 Å². The van der Waals surface area contributed by atoms with E-state index in [-0.39, 0.29) is 6.10 Å². The number of aliphatic hydroxyl groups excluding tert-OH is 1. The second kappa shape index (κ2) is 5.64. The van der Waals surface area contributed by atoms with Crippen LogP contribution in [0.2, 0.25) is 0 Å². The summed E-state index contributed by atoms with van der Waals surface area (Å²) in [6.07, 6.45) is 1.94. The second-order valence-electron chi connectivity index (χ2n) is 6.31. The predicted molar refractivity (Wildman–Crippen MR) is 80.7 cm³/mol. The Balaban J connectivity index is 2.20. The van der Waals surface area contributed by atoms with Crippen LogP contribution in [0.25, 0.3) is 0 Å². The zero-order chi connectivity index (χ0) is 14.2. The van der Waals surface area contributed by atoms with Gasteiger partial charge in [-0.2, -0.15) is 0 Å². The minimum absolute atomic E-state index is 0.180. The minimum Gasteiger partial charge on any atom is -0.391 e. The topological polar surface area (TPSA) is 23.5 Å². The number of β-amino-alcohol motifs (C(OH)–C–C–N with tert-alkyl or cyclic N) is 1. The quantitative estimate of drug-likeness (QED) is 0.885. The summed E-state index contributed by atoms with van der Waals surface area (Å²) in [7, 11) is 2.09. The highest BCUT2D eigenvalue weighted by molar-refractivity contribution is 5.43. The molecule has 106 valence electrons. The molecule has 2 heteroatoms. The zero-order valence-electron chi connectivity index (χ0n) is 13.0. The number of likely N-dealkylation sites (N-methyl/N-ethyl adjacent to an activating group) is 1. The fourth-order valence-corrected chi connectivity index (χ4v) is 3.17. The molecule has 0 saturated carbocycles. The van der Waals surface area contributed by atoms with Crippen molar-refractivity contribution in [1.29, 1.82) is 0 Å². The van der Waals surface area contributed by atoms with Crippen LogP contribution < -0.4 is 0 Å². The molecular formula is C17H27NO. The van der Waals surface area contributed by atoms with E-state index >= 15 is 0 Å². The third kappa shape index (κ3) is 3.01. The lowest BCUT2D eigenvalue weighted by atomic mass is 9.84. The lowest BCUT2D eigenvalue weighted by molar-refractivity contribution is 0.0326. The maximum atomic E-state index is 10.2. The number of aryl methyl sites for hydroxylation is 1. The van der Waals surface area contributed by atoms with Gasteiger partial charge in [0.05, 0.1) is 6.10 Å². The van der Waals surface area contributed by atoms with E-state index in [2.05, 4.69) is 45.7 Å². The monoisotopic (exact) mass is 261 g/mol. The summed E-state index contributed by atoms with van der Waals surface area (Å²) in [6, 6.07) is 2.32. The first-order valence-corrected chi connectivity index (χ1v) is 7.33. The van der Waals surface area contributed by atoms with Crippen LogP contribution in [-0.4, -0.2) is 36.2 Å². The van der Waals surface area contributed by atoms with E-state index in [9.17, 15) is 5.11 Å². The Morgan fingerprint density at radius 2 is 1.84 bits per heavy atom. The Morgan fingerprint density at radius 3 is 2.47 bits per heavy atom. The Kier molecular flexibility index (Phi) is 4.32. The summed E-state index contributed by atoms with van der Waals surface area (Å²) >= 11 is 0. The number of likely N-dealkylation sites (tertiary alicyclic amines) is 1. The standard InChI is InChI=1S/C17H27NO/c1-11-8-16(14(4)13(3)12(11)2)9-15-6-7-18(5)10-17(15)19/h8,15,17,19H,6-7,9-10H2,1-5H3/t15-,17-/m0/s1. The summed E-state index contributed by atoms with van der Waals surface area (Å²) in [6.45, 7) is 10.7. The van der Waals surface area contributed by atoms with Gasteiger partial charge in [0.1, 0.15) is 0 Å². The predicted octanol–water partition coefficient (Wildman–Crippen LogP) is 2.78. The average molecular weight is 261 g/mol. The van der Waals surface area contributed by atoms with E-state index in [0.717, 1.165) is 25.9 Å². The molecule has 0 spiro atoms. The zero-order valence-corrected chi connectivity index (χ0v) is 13.0. The normalized spacial score (nSPS) is 24.7. The fourth-order valence-electron chi connectivity index (χ4n) is 3.17. The van der Waals surface area contributed by atoms with Gasteiger partial charge in [0, 0.05) is 6.54 Å². The van der Waals surface area contributed by atoms with Crippen molar-refractivity contribution < 1.29 is 5.11 Å². The molecule has 1 aromatic rings. The first-order chi connectivity index (χ1) is 8.90. The van der Waals surface area contributed by atoms with Gasteiger partial charge in [0.25, 0.3) is 0 Å². The van der Waals surface area contributed by atoms with Crippen LogP contribution in [0.3, 0.4) is 0 Å². The molecule has 19 heavy (non-hydrogen) atoms. The summed E-state index contributed by atoms with van der Waals surface area (Å²) in [4.78, 5) is 2.22. The molecule has 1 N–H and O–H groups in total. The molecular weight excluding hydrogens is 234 g/mol. The van der Waals surface area contributed by atoms with Gasteiger partial charge >= 0.3 is 0 Å². The van der Waals surface area contributed by atoms with E-state index < -0.39 is 0 Å². The van der Waals surface area contributed by atoms with Gasteiger partial charge in [-0.05, 0) is 87.9 Å². The largest absolute Gasteiger partial charge is 0.391 e. The van der Waals surface area contributed by atoms with E-state index in [1.54, 1.807) is 0 Å². The molecule has 1 aliphatic heterocycles. The smallest absolute Gasteiger partial charge is 0.0698 e. The van der Waals surface area contributed by atoms with Gasteiger partial charge < -0.3 is 10.0 Å². The van der Waals surface area contributed by atoms with E-state index in [1.807, 2.05) is 0 Å². The van der Waals surface area contributed by atoms with Gasteiger partial charge in [0.2, 0.25) is 0 Å². The highest BCUT2D eigenvalue weighted by Gasteiger charge is 2.26. The van der Waals surface area contributed by atoms with Crippen LogP contribution in [0.1, 0.15) is 34.2 Å². The van der Waals surface area contributed by atoms with Gasteiger partial charge in [0.15, 0.2) is 0 Å². The maximum Gasteiger partial charge on any atom is 0.0698 e. The summed E-state index contributed by atoms with van der Waals surface area (Å²) in [5.41, 5.74) is 7.03. The molecule has 1 aromatic carbocycles. The molecule has 0 unspecified atom stereocenters. The fraction of sp³-hybridized carbons (Fsp3) is 0.647. The van der Waals surface area contributed by atoms with Crippen LogP contribution in [0.15, 0.2) is 6.07 Å². The third-order valence-electron chi connectivity index (χ3n) is 5.00.